The minimum atomic E-state index is -0.154. The zero-order chi connectivity index (χ0) is 17.0. The first-order valence-electron chi connectivity index (χ1n) is 8.29. The number of amides is 1. The van der Waals surface area contributed by atoms with Gasteiger partial charge in [-0.3, -0.25) is 9.59 Å². The average Bonchev–Trinajstić information content (AvgIpc) is 2.96. The topological polar surface area (TPSA) is 65.8 Å². The molecule has 0 spiro atoms. The maximum Gasteiger partial charge on any atom is 0.254 e. The molecule has 6 heteroatoms. The highest BCUT2D eigenvalue weighted by atomic mass is 16.3. The number of hydrogen-bond donors (Lipinski definition) is 1. The number of pyridine rings is 1. The van der Waals surface area contributed by atoms with Crippen molar-refractivity contribution in [2.45, 2.75) is 20.4 Å². The molecule has 0 unspecified atom stereocenters. The molecule has 0 aliphatic carbocycles. The van der Waals surface area contributed by atoms with Crippen molar-refractivity contribution in [3.05, 3.63) is 34.2 Å². The number of aliphatic hydroxyl groups is 1. The van der Waals surface area contributed by atoms with Crippen LogP contribution in [0.3, 0.4) is 0 Å². The van der Waals surface area contributed by atoms with Crippen molar-refractivity contribution in [2.75, 3.05) is 39.8 Å². The molecule has 23 heavy (non-hydrogen) atoms. The minimum absolute atomic E-state index is 0.0867. The van der Waals surface area contributed by atoms with Crippen molar-refractivity contribution >= 4 is 5.91 Å². The molecule has 1 aromatic heterocycles. The van der Waals surface area contributed by atoms with Crippen LogP contribution in [-0.4, -0.2) is 65.2 Å². The first-order valence-corrected chi connectivity index (χ1v) is 8.29. The van der Waals surface area contributed by atoms with Gasteiger partial charge in [0.2, 0.25) is 0 Å². The second-order valence-electron chi connectivity index (χ2n) is 6.31. The highest BCUT2D eigenvalue weighted by Gasteiger charge is 2.35. The largest absolute Gasteiger partial charge is 0.396 e. The van der Waals surface area contributed by atoms with E-state index in [9.17, 15) is 14.7 Å². The predicted octanol–water partition coefficient (Wildman–Crippen LogP) is 0.500. The van der Waals surface area contributed by atoms with E-state index in [0.717, 1.165) is 13.1 Å². The smallest absolute Gasteiger partial charge is 0.254 e. The van der Waals surface area contributed by atoms with Crippen LogP contribution in [-0.2, 0) is 6.54 Å². The van der Waals surface area contributed by atoms with E-state index in [4.69, 9.17) is 0 Å². The first-order chi connectivity index (χ1) is 11.0. The van der Waals surface area contributed by atoms with Gasteiger partial charge in [-0.2, -0.15) is 0 Å². The van der Waals surface area contributed by atoms with Gasteiger partial charge in [0, 0.05) is 56.5 Å². The summed E-state index contributed by atoms with van der Waals surface area (Å²) in [6.45, 7) is 7.65. The lowest BCUT2D eigenvalue weighted by atomic mass is 9.96. The second kappa shape index (κ2) is 7.75. The fourth-order valence-corrected chi connectivity index (χ4v) is 3.13. The Hall–Kier alpha value is -1.66. The molecule has 2 heterocycles. The summed E-state index contributed by atoms with van der Waals surface area (Å²) >= 11 is 0. The van der Waals surface area contributed by atoms with Crippen LogP contribution in [0.5, 0.6) is 0 Å². The second-order valence-corrected chi connectivity index (χ2v) is 6.31. The quantitative estimate of drug-likeness (QED) is 0.829. The highest BCUT2D eigenvalue weighted by molar-refractivity contribution is 5.94. The zero-order valence-electron chi connectivity index (χ0n) is 14.2. The van der Waals surface area contributed by atoms with E-state index in [0.29, 0.717) is 25.2 Å². The van der Waals surface area contributed by atoms with Crippen molar-refractivity contribution in [1.82, 2.24) is 14.4 Å². The fraction of sp³-hybridized carbons (Fsp3) is 0.647. The van der Waals surface area contributed by atoms with Gasteiger partial charge in [0.15, 0.2) is 0 Å². The summed E-state index contributed by atoms with van der Waals surface area (Å²) in [5, 5.41) is 9.59. The van der Waals surface area contributed by atoms with E-state index in [1.165, 1.54) is 6.07 Å². The Morgan fingerprint density at radius 1 is 1.35 bits per heavy atom. The normalized spacial score (nSPS) is 21.2. The summed E-state index contributed by atoms with van der Waals surface area (Å²) < 4.78 is 1.57. The van der Waals surface area contributed by atoms with Crippen molar-refractivity contribution < 1.29 is 9.90 Å². The first kappa shape index (κ1) is 17.7. The third-order valence-corrected chi connectivity index (χ3v) is 4.77. The van der Waals surface area contributed by atoms with E-state index in [1.807, 2.05) is 14.0 Å². The molecule has 128 valence electrons. The Kier molecular flexibility index (Phi) is 5.96. The Bertz CT molecular complexity index is 599. The number of nitrogens with zero attached hydrogens (tertiary/aromatic N) is 3. The number of hydrogen-bond acceptors (Lipinski definition) is 4. The third kappa shape index (κ3) is 4.00. The Labute approximate surface area is 137 Å². The number of aryl methyl sites for hydroxylation is 1. The molecule has 1 amide bonds. The van der Waals surface area contributed by atoms with Gasteiger partial charge in [0.05, 0.1) is 0 Å². The highest BCUT2D eigenvalue weighted by Crippen LogP contribution is 2.25. The van der Waals surface area contributed by atoms with Crippen LogP contribution < -0.4 is 5.56 Å². The molecule has 1 N–H and O–H groups in total. The van der Waals surface area contributed by atoms with E-state index in [-0.39, 0.29) is 29.9 Å². The molecule has 0 bridgehead atoms. The fourth-order valence-electron chi connectivity index (χ4n) is 3.13. The number of aliphatic hydroxyl groups excluding tert-OH is 1. The molecule has 1 aliphatic rings. The summed E-state index contributed by atoms with van der Waals surface area (Å²) in [6, 6.07) is 3.11. The van der Waals surface area contributed by atoms with Crippen molar-refractivity contribution in [1.29, 1.82) is 0 Å². The lowest BCUT2D eigenvalue weighted by molar-refractivity contribution is 0.0779. The lowest BCUT2D eigenvalue weighted by Crippen LogP contribution is -2.32. The van der Waals surface area contributed by atoms with Crippen LogP contribution in [0.25, 0.3) is 0 Å². The standard InChI is InChI=1S/C17H27N3O3/c1-4-18(3)9-14-10-20(11-15(14)12-21)17(23)13-6-7-19(5-2)16(22)8-13/h6-8,14-15,21H,4-5,9-12H2,1-3H3/t14-,15-/m1/s1. The van der Waals surface area contributed by atoms with Gasteiger partial charge in [-0.15, -0.1) is 0 Å². The maximum atomic E-state index is 12.6. The Morgan fingerprint density at radius 2 is 2.04 bits per heavy atom. The molecule has 2 atom stereocenters. The Balaban J connectivity index is 2.11. The van der Waals surface area contributed by atoms with Gasteiger partial charge < -0.3 is 19.5 Å². The number of rotatable bonds is 6. The lowest BCUT2D eigenvalue weighted by Gasteiger charge is -2.22. The van der Waals surface area contributed by atoms with Crippen LogP contribution in [0.1, 0.15) is 24.2 Å². The molecule has 1 fully saturated rings. The molecule has 2 rings (SSSR count). The summed E-state index contributed by atoms with van der Waals surface area (Å²) in [7, 11) is 2.04. The van der Waals surface area contributed by atoms with Gasteiger partial charge in [-0.1, -0.05) is 6.92 Å². The van der Waals surface area contributed by atoms with Crippen LogP contribution in [0.15, 0.2) is 23.1 Å². The van der Waals surface area contributed by atoms with E-state index < -0.39 is 0 Å². The van der Waals surface area contributed by atoms with Crippen molar-refractivity contribution in [3.8, 4) is 0 Å². The van der Waals surface area contributed by atoms with Crippen molar-refractivity contribution in [3.63, 3.8) is 0 Å². The summed E-state index contributed by atoms with van der Waals surface area (Å²) in [6.07, 6.45) is 1.66. The maximum absolute atomic E-state index is 12.6. The van der Waals surface area contributed by atoms with Crippen LogP contribution in [0, 0.1) is 11.8 Å². The van der Waals surface area contributed by atoms with Gasteiger partial charge in [0.1, 0.15) is 0 Å². The third-order valence-electron chi connectivity index (χ3n) is 4.77. The Morgan fingerprint density at radius 3 is 2.61 bits per heavy atom. The SMILES string of the molecule is CCN(C)C[C@@H]1CN(C(=O)c2ccn(CC)c(=O)c2)C[C@@H]1CO. The molecule has 1 aromatic rings. The number of carbonyl (C=O) groups is 1. The van der Waals surface area contributed by atoms with E-state index in [1.54, 1.807) is 21.7 Å². The number of carbonyl (C=O) groups excluding carboxylic acids is 1. The monoisotopic (exact) mass is 321 g/mol. The molecule has 6 nitrogen and oxygen atoms in total. The predicted molar refractivity (Wildman–Crippen MR) is 89.5 cm³/mol. The summed E-state index contributed by atoms with van der Waals surface area (Å²) in [5.41, 5.74) is 0.277. The van der Waals surface area contributed by atoms with Crippen molar-refractivity contribution in [2.24, 2.45) is 11.8 Å². The molecule has 1 aliphatic heterocycles. The average molecular weight is 321 g/mol. The van der Waals surface area contributed by atoms with Gasteiger partial charge >= 0.3 is 0 Å². The van der Waals surface area contributed by atoms with Crippen LogP contribution >= 0.6 is 0 Å². The molecule has 1 saturated heterocycles. The van der Waals surface area contributed by atoms with Gasteiger partial charge in [-0.25, -0.2) is 0 Å². The molecular formula is C17H27N3O3. The minimum Gasteiger partial charge on any atom is -0.396 e. The summed E-state index contributed by atoms with van der Waals surface area (Å²) in [5.74, 6) is 0.249. The number of likely N-dealkylation sites (tertiary alicyclic amines) is 1. The number of aromatic nitrogens is 1. The molecule has 0 radical (unpaired) electrons. The molecular weight excluding hydrogens is 294 g/mol. The van der Waals surface area contributed by atoms with Gasteiger partial charge in [-0.05, 0) is 32.5 Å². The summed E-state index contributed by atoms with van der Waals surface area (Å²) in [4.78, 5) is 28.5. The molecule has 0 aromatic carbocycles. The van der Waals surface area contributed by atoms with E-state index >= 15 is 0 Å². The van der Waals surface area contributed by atoms with Crippen LogP contribution in [0.2, 0.25) is 0 Å². The van der Waals surface area contributed by atoms with Crippen LogP contribution in [0.4, 0.5) is 0 Å². The van der Waals surface area contributed by atoms with E-state index in [2.05, 4.69) is 11.8 Å². The zero-order valence-corrected chi connectivity index (χ0v) is 14.2. The van der Waals surface area contributed by atoms with Gasteiger partial charge in [0.25, 0.3) is 11.5 Å². The molecule has 0 saturated carbocycles.